The van der Waals surface area contributed by atoms with Gasteiger partial charge in [0.1, 0.15) is 10.8 Å². The van der Waals surface area contributed by atoms with Gasteiger partial charge in [-0.25, -0.2) is 4.98 Å². The Labute approximate surface area is 184 Å². The van der Waals surface area contributed by atoms with Gasteiger partial charge in [0, 0.05) is 27.4 Å². The van der Waals surface area contributed by atoms with Crippen LogP contribution in [0, 0.1) is 0 Å². The summed E-state index contributed by atoms with van der Waals surface area (Å²) < 4.78 is 43.4. The molecule has 30 heavy (non-hydrogen) atoms. The lowest BCUT2D eigenvalue weighted by atomic mass is 10.1. The number of alkyl halides is 3. The van der Waals surface area contributed by atoms with E-state index in [4.69, 9.17) is 39.5 Å². The zero-order valence-electron chi connectivity index (χ0n) is 14.9. The minimum atomic E-state index is -4.56. The number of rotatable bonds is 5. The van der Waals surface area contributed by atoms with E-state index >= 15 is 0 Å². The molecule has 2 aromatic carbocycles. The predicted octanol–water partition coefficient (Wildman–Crippen LogP) is 7.75. The largest absolute Gasteiger partial charge is 0.438 e. The first-order chi connectivity index (χ1) is 14.1. The fourth-order valence-electron chi connectivity index (χ4n) is 2.38. The van der Waals surface area contributed by atoms with E-state index in [2.05, 4.69) is 4.98 Å². The first kappa shape index (κ1) is 22.2. The number of hydrogen-bond acceptors (Lipinski definition) is 3. The summed E-state index contributed by atoms with van der Waals surface area (Å²) in [5.74, 6) is -0.237. The van der Waals surface area contributed by atoms with Crippen LogP contribution in [0.25, 0.3) is 6.08 Å². The van der Waals surface area contributed by atoms with Crippen molar-refractivity contribution in [1.82, 2.24) is 4.98 Å². The van der Waals surface area contributed by atoms with Crippen LogP contribution in [0.4, 0.5) is 13.2 Å². The van der Waals surface area contributed by atoms with Crippen molar-refractivity contribution in [3.05, 3.63) is 92.6 Å². The Kier molecular flexibility index (Phi) is 6.71. The fourth-order valence-corrected chi connectivity index (χ4v) is 3.11. The van der Waals surface area contributed by atoms with Gasteiger partial charge in [-0.2, -0.15) is 13.2 Å². The summed E-state index contributed by atoms with van der Waals surface area (Å²) in [5, 5.41) is 0.539. The van der Waals surface area contributed by atoms with E-state index in [1.54, 1.807) is 18.2 Å². The van der Waals surface area contributed by atoms with E-state index < -0.39 is 11.7 Å². The maximum absolute atomic E-state index is 12.7. The van der Waals surface area contributed by atoms with Crippen molar-refractivity contribution in [2.24, 2.45) is 0 Å². The predicted molar refractivity (Wildman–Crippen MR) is 111 cm³/mol. The minimum Gasteiger partial charge on any atom is -0.438 e. The second-order valence-electron chi connectivity index (χ2n) is 5.97. The normalized spacial score (nSPS) is 11.7. The van der Waals surface area contributed by atoms with Crippen LogP contribution in [0.15, 0.2) is 60.8 Å². The number of ketones is 1. The number of carbonyl (C=O) groups is 1. The van der Waals surface area contributed by atoms with Crippen LogP contribution in [0.3, 0.4) is 0 Å². The number of aromatic nitrogens is 1. The summed E-state index contributed by atoms with van der Waals surface area (Å²) >= 11 is 17.9. The standard InChI is InChI=1S/C21H11Cl3F3NO2/c22-16-2-1-3-17(23)15(16)8-9-19(29)12-4-6-14(7-5-12)30-20-18(24)10-13(11-28-20)21(25,26)27/h1-11H. The molecular formula is C21H11Cl3F3NO2. The summed E-state index contributed by atoms with van der Waals surface area (Å²) in [6.45, 7) is 0. The number of benzene rings is 2. The summed E-state index contributed by atoms with van der Waals surface area (Å²) in [7, 11) is 0. The highest BCUT2D eigenvalue weighted by Gasteiger charge is 2.31. The van der Waals surface area contributed by atoms with Gasteiger partial charge in [0.2, 0.25) is 5.88 Å². The summed E-state index contributed by atoms with van der Waals surface area (Å²) in [6, 6.07) is 11.7. The SMILES string of the molecule is O=C(C=Cc1c(Cl)cccc1Cl)c1ccc(Oc2ncc(C(F)(F)F)cc2Cl)cc1. The molecule has 0 bridgehead atoms. The van der Waals surface area contributed by atoms with Crippen molar-refractivity contribution in [2.45, 2.75) is 6.18 Å². The van der Waals surface area contributed by atoms with Gasteiger partial charge in [-0.05, 0) is 54.6 Å². The lowest BCUT2D eigenvalue weighted by Crippen LogP contribution is -2.05. The smallest absolute Gasteiger partial charge is 0.417 e. The molecule has 0 atom stereocenters. The fraction of sp³-hybridized carbons (Fsp3) is 0.0476. The van der Waals surface area contributed by atoms with Gasteiger partial charge in [-0.1, -0.05) is 40.9 Å². The number of carbonyl (C=O) groups excluding carboxylic acids is 1. The molecule has 1 aromatic heterocycles. The molecule has 3 aromatic rings. The molecular weight excluding hydrogens is 462 g/mol. The van der Waals surface area contributed by atoms with Gasteiger partial charge < -0.3 is 4.74 Å². The van der Waals surface area contributed by atoms with Crippen molar-refractivity contribution in [3.63, 3.8) is 0 Å². The number of ether oxygens (including phenoxy) is 1. The third kappa shape index (κ3) is 5.33. The molecule has 0 saturated heterocycles. The molecule has 9 heteroatoms. The average Bonchev–Trinajstić information content (AvgIpc) is 2.68. The van der Waals surface area contributed by atoms with Crippen molar-refractivity contribution in [3.8, 4) is 11.6 Å². The Hall–Kier alpha value is -2.54. The Balaban J connectivity index is 1.72. The Bertz CT molecular complexity index is 1090. The number of nitrogens with zero attached hydrogens (tertiary/aromatic N) is 1. The van der Waals surface area contributed by atoms with Gasteiger partial charge in [0.25, 0.3) is 0 Å². The number of pyridine rings is 1. The van der Waals surface area contributed by atoms with Crippen molar-refractivity contribution >= 4 is 46.7 Å². The molecule has 0 spiro atoms. The minimum absolute atomic E-state index is 0.183. The molecule has 0 aliphatic rings. The van der Waals surface area contributed by atoms with Crippen molar-refractivity contribution in [2.75, 3.05) is 0 Å². The molecule has 0 fully saturated rings. The van der Waals surface area contributed by atoms with Crippen LogP contribution < -0.4 is 4.74 Å². The monoisotopic (exact) mass is 471 g/mol. The third-order valence-corrected chi connectivity index (χ3v) is 4.82. The van der Waals surface area contributed by atoms with E-state index in [1.807, 2.05) is 0 Å². The van der Waals surface area contributed by atoms with Crippen LogP contribution in [0.2, 0.25) is 15.1 Å². The van der Waals surface area contributed by atoms with Crippen molar-refractivity contribution < 1.29 is 22.7 Å². The van der Waals surface area contributed by atoms with Gasteiger partial charge in [0.05, 0.1) is 5.56 Å². The second-order valence-corrected chi connectivity index (χ2v) is 7.19. The first-order valence-electron chi connectivity index (χ1n) is 8.32. The highest BCUT2D eigenvalue weighted by Crippen LogP contribution is 2.34. The van der Waals surface area contributed by atoms with Crippen LogP contribution in [-0.2, 0) is 6.18 Å². The topological polar surface area (TPSA) is 39.2 Å². The summed E-state index contributed by atoms with van der Waals surface area (Å²) in [6.07, 6.45) is -1.08. The average molecular weight is 473 g/mol. The molecule has 0 unspecified atom stereocenters. The Morgan fingerprint density at radius 2 is 1.60 bits per heavy atom. The van der Waals surface area contributed by atoms with Gasteiger partial charge in [-0.15, -0.1) is 0 Å². The van der Waals surface area contributed by atoms with Gasteiger partial charge in [0.15, 0.2) is 5.78 Å². The lowest BCUT2D eigenvalue weighted by Gasteiger charge is -2.10. The molecule has 3 rings (SSSR count). The van der Waals surface area contributed by atoms with E-state index in [-0.39, 0.29) is 22.4 Å². The molecule has 154 valence electrons. The number of allylic oxidation sites excluding steroid dienone is 1. The quantitative estimate of drug-likeness (QED) is 0.281. The molecule has 3 nitrogen and oxygen atoms in total. The van der Waals surface area contributed by atoms with E-state index in [1.165, 1.54) is 36.4 Å². The molecule has 0 amide bonds. The molecule has 0 radical (unpaired) electrons. The van der Waals surface area contributed by atoms with E-state index in [0.717, 1.165) is 6.07 Å². The van der Waals surface area contributed by atoms with Crippen LogP contribution in [0.5, 0.6) is 11.6 Å². The van der Waals surface area contributed by atoms with E-state index in [9.17, 15) is 18.0 Å². The Morgan fingerprint density at radius 3 is 2.17 bits per heavy atom. The maximum atomic E-state index is 12.7. The number of hydrogen-bond donors (Lipinski definition) is 0. The molecule has 0 saturated carbocycles. The summed E-state index contributed by atoms with van der Waals surface area (Å²) in [4.78, 5) is 15.9. The Morgan fingerprint density at radius 1 is 0.967 bits per heavy atom. The first-order valence-corrected chi connectivity index (χ1v) is 9.45. The highest BCUT2D eigenvalue weighted by atomic mass is 35.5. The zero-order valence-corrected chi connectivity index (χ0v) is 17.2. The van der Waals surface area contributed by atoms with Gasteiger partial charge in [-0.3, -0.25) is 4.79 Å². The maximum Gasteiger partial charge on any atom is 0.417 e. The molecule has 1 heterocycles. The highest BCUT2D eigenvalue weighted by molar-refractivity contribution is 6.37. The van der Waals surface area contributed by atoms with E-state index in [0.29, 0.717) is 27.4 Å². The molecule has 0 N–H and O–H groups in total. The summed E-state index contributed by atoms with van der Waals surface area (Å²) in [5.41, 5.74) is -0.100. The zero-order chi connectivity index (χ0) is 21.9. The number of halogens is 6. The molecule has 0 aliphatic carbocycles. The second kappa shape index (κ2) is 9.08. The third-order valence-electron chi connectivity index (χ3n) is 3.89. The van der Waals surface area contributed by atoms with Crippen LogP contribution in [-0.4, -0.2) is 10.8 Å². The lowest BCUT2D eigenvalue weighted by molar-refractivity contribution is -0.137. The van der Waals surface area contributed by atoms with Crippen LogP contribution in [0.1, 0.15) is 21.5 Å². The van der Waals surface area contributed by atoms with Crippen LogP contribution >= 0.6 is 34.8 Å². The molecule has 0 aliphatic heterocycles. The van der Waals surface area contributed by atoms with Gasteiger partial charge >= 0.3 is 6.18 Å². The van der Waals surface area contributed by atoms with Crippen molar-refractivity contribution in [1.29, 1.82) is 0 Å².